The van der Waals surface area contributed by atoms with Gasteiger partial charge in [0.25, 0.3) is 0 Å². The van der Waals surface area contributed by atoms with E-state index in [1.807, 2.05) is 0 Å². The molecule has 114 valence electrons. The molecule has 0 spiro atoms. The Morgan fingerprint density at radius 1 is 1.38 bits per heavy atom. The summed E-state index contributed by atoms with van der Waals surface area (Å²) in [5.41, 5.74) is 1.25. The van der Waals surface area contributed by atoms with Crippen molar-refractivity contribution in [1.82, 2.24) is 5.32 Å². The van der Waals surface area contributed by atoms with Crippen LogP contribution in [0.25, 0.3) is 0 Å². The number of amides is 2. The van der Waals surface area contributed by atoms with Crippen LogP contribution in [0.15, 0.2) is 24.3 Å². The molecule has 0 bridgehead atoms. The van der Waals surface area contributed by atoms with Gasteiger partial charge in [-0.25, -0.2) is 4.79 Å². The van der Waals surface area contributed by atoms with Crippen molar-refractivity contribution in [2.24, 2.45) is 5.92 Å². The number of carboxylic acid groups (broad SMARTS) is 1. The number of hydrogen-bond donors (Lipinski definition) is 3. The average molecular weight is 292 g/mol. The number of anilines is 1. The Morgan fingerprint density at radius 3 is 2.95 bits per heavy atom. The van der Waals surface area contributed by atoms with Crippen LogP contribution in [0.3, 0.4) is 0 Å². The lowest BCUT2D eigenvalue weighted by Crippen LogP contribution is -2.30. The molecular weight excluding hydrogens is 272 g/mol. The molecule has 0 radical (unpaired) electrons. The molecule has 0 aromatic heterocycles. The molecule has 1 heterocycles. The number of carboxylic acids is 1. The van der Waals surface area contributed by atoms with Gasteiger partial charge in [-0.15, -0.1) is 0 Å². The van der Waals surface area contributed by atoms with E-state index in [1.165, 1.54) is 0 Å². The van der Waals surface area contributed by atoms with E-state index < -0.39 is 5.97 Å². The van der Waals surface area contributed by atoms with E-state index in [0.717, 1.165) is 26.1 Å². The highest BCUT2D eigenvalue weighted by Gasteiger charge is 2.15. The third kappa shape index (κ3) is 5.43. The van der Waals surface area contributed by atoms with Crippen LogP contribution < -0.4 is 10.6 Å². The van der Waals surface area contributed by atoms with Crippen molar-refractivity contribution in [3.8, 4) is 0 Å². The lowest BCUT2D eigenvalue weighted by atomic mass is 10.1. The molecule has 1 aliphatic rings. The summed E-state index contributed by atoms with van der Waals surface area (Å²) in [6, 6.07) is 6.57. The SMILES string of the molecule is O=C(O)Cc1cccc(NC(=O)NCCC2CCOC2)c1. The first-order valence-electron chi connectivity index (χ1n) is 7.07. The van der Waals surface area contributed by atoms with Crippen LogP contribution in [-0.2, 0) is 16.0 Å². The monoisotopic (exact) mass is 292 g/mol. The zero-order valence-electron chi connectivity index (χ0n) is 11.8. The highest BCUT2D eigenvalue weighted by molar-refractivity contribution is 5.89. The van der Waals surface area contributed by atoms with E-state index in [0.29, 0.717) is 23.7 Å². The number of carbonyl (C=O) groups excluding carboxylic acids is 1. The predicted molar refractivity (Wildman–Crippen MR) is 78.3 cm³/mol. The maximum atomic E-state index is 11.7. The first kappa shape index (κ1) is 15.3. The van der Waals surface area contributed by atoms with E-state index >= 15 is 0 Å². The Morgan fingerprint density at radius 2 is 2.24 bits per heavy atom. The van der Waals surface area contributed by atoms with Gasteiger partial charge in [0.1, 0.15) is 0 Å². The summed E-state index contributed by atoms with van der Waals surface area (Å²) in [6.07, 6.45) is 1.91. The van der Waals surface area contributed by atoms with Crippen molar-refractivity contribution >= 4 is 17.7 Å². The molecule has 1 saturated heterocycles. The predicted octanol–water partition coefficient (Wildman–Crippen LogP) is 1.86. The van der Waals surface area contributed by atoms with Gasteiger partial charge in [-0.1, -0.05) is 12.1 Å². The van der Waals surface area contributed by atoms with Gasteiger partial charge in [-0.05, 0) is 36.5 Å². The summed E-state index contributed by atoms with van der Waals surface area (Å²) < 4.78 is 5.28. The maximum Gasteiger partial charge on any atom is 0.319 e. The number of benzene rings is 1. The van der Waals surface area contributed by atoms with Crippen LogP contribution >= 0.6 is 0 Å². The van der Waals surface area contributed by atoms with Gasteiger partial charge in [0.2, 0.25) is 0 Å². The highest BCUT2D eigenvalue weighted by atomic mass is 16.5. The number of nitrogens with one attached hydrogen (secondary N) is 2. The van der Waals surface area contributed by atoms with Gasteiger partial charge in [0.05, 0.1) is 6.42 Å². The minimum atomic E-state index is -0.893. The molecule has 6 heteroatoms. The molecule has 2 amide bonds. The Labute approximate surface area is 123 Å². The molecule has 1 fully saturated rings. The third-order valence-electron chi connectivity index (χ3n) is 3.40. The van der Waals surface area contributed by atoms with E-state index in [2.05, 4.69) is 10.6 Å². The average Bonchev–Trinajstić information content (AvgIpc) is 2.91. The lowest BCUT2D eigenvalue weighted by Gasteiger charge is -2.10. The molecule has 1 unspecified atom stereocenters. The number of urea groups is 1. The standard InChI is InChI=1S/C15H20N2O4/c18-14(19)9-12-2-1-3-13(8-12)17-15(20)16-6-4-11-5-7-21-10-11/h1-3,8,11H,4-7,9-10H2,(H,18,19)(H2,16,17,20). The number of aliphatic carboxylic acids is 1. The molecule has 21 heavy (non-hydrogen) atoms. The molecule has 1 aromatic carbocycles. The molecule has 1 aliphatic heterocycles. The van der Waals surface area contributed by atoms with Crippen molar-refractivity contribution in [3.63, 3.8) is 0 Å². The summed E-state index contributed by atoms with van der Waals surface area (Å²) in [5, 5.41) is 14.3. The second kappa shape index (κ2) is 7.64. The maximum absolute atomic E-state index is 11.7. The summed E-state index contributed by atoms with van der Waals surface area (Å²) >= 11 is 0. The Bertz CT molecular complexity index is 498. The fourth-order valence-electron chi connectivity index (χ4n) is 2.31. The summed E-state index contributed by atoms with van der Waals surface area (Å²) in [5.74, 6) is -0.362. The quantitative estimate of drug-likeness (QED) is 0.747. The minimum absolute atomic E-state index is 0.0567. The Kier molecular flexibility index (Phi) is 5.57. The largest absolute Gasteiger partial charge is 0.481 e. The van der Waals surface area contributed by atoms with Gasteiger partial charge in [-0.3, -0.25) is 4.79 Å². The van der Waals surface area contributed by atoms with Crippen LogP contribution in [0.4, 0.5) is 10.5 Å². The van der Waals surface area contributed by atoms with E-state index in [-0.39, 0.29) is 12.5 Å². The van der Waals surface area contributed by atoms with Crippen molar-refractivity contribution in [2.75, 3.05) is 25.1 Å². The van der Waals surface area contributed by atoms with E-state index in [4.69, 9.17) is 9.84 Å². The van der Waals surface area contributed by atoms with Crippen molar-refractivity contribution in [1.29, 1.82) is 0 Å². The highest BCUT2D eigenvalue weighted by Crippen LogP contribution is 2.15. The normalized spacial score (nSPS) is 17.4. The van der Waals surface area contributed by atoms with E-state index in [9.17, 15) is 9.59 Å². The van der Waals surface area contributed by atoms with Crippen LogP contribution in [0.2, 0.25) is 0 Å². The number of ether oxygens (including phenoxy) is 1. The molecular formula is C15H20N2O4. The zero-order valence-corrected chi connectivity index (χ0v) is 11.8. The molecule has 3 N–H and O–H groups in total. The molecule has 1 atom stereocenters. The Hall–Kier alpha value is -2.08. The fourth-order valence-corrected chi connectivity index (χ4v) is 2.31. The third-order valence-corrected chi connectivity index (χ3v) is 3.40. The second-order valence-corrected chi connectivity index (χ2v) is 5.17. The van der Waals surface area contributed by atoms with Gasteiger partial charge in [0.15, 0.2) is 0 Å². The smallest absolute Gasteiger partial charge is 0.319 e. The van der Waals surface area contributed by atoms with Gasteiger partial charge >= 0.3 is 12.0 Å². The zero-order chi connectivity index (χ0) is 15.1. The van der Waals surface area contributed by atoms with Crippen LogP contribution in [0, 0.1) is 5.92 Å². The molecule has 1 aromatic rings. The summed E-state index contributed by atoms with van der Waals surface area (Å²) in [7, 11) is 0. The molecule has 0 aliphatic carbocycles. The molecule has 0 saturated carbocycles. The van der Waals surface area contributed by atoms with Gasteiger partial charge in [0, 0.05) is 25.4 Å². The molecule has 6 nitrogen and oxygen atoms in total. The van der Waals surface area contributed by atoms with Crippen LogP contribution in [-0.4, -0.2) is 36.9 Å². The van der Waals surface area contributed by atoms with Crippen LogP contribution in [0.5, 0.6) is 0 Å². The minimum Gasteiger partial charge on any atom is -0.481 e. The number of hydrogen-bond acceptors (Lipinski definition) is 3. The molecule has 2 rings (SSSR count). The Balaban J connectivity index is 1.75. The van der Waals surface area contributed by atoms with Gasteiger partial charge < -0.3 is 20.5 Å². The number of rotatable bonds is 6. The lowest BCUT2D eigenvalue weighted by molar-refractivity contribution is -0.136. The van der Waals surface area contributed by atoms with Crippen molar-refractivity contribution in [3.05, 3.63) is 29.8 Å². The van der Waals surface area contributed by atoms with Gasteiger partial charge in [-0.2, -0.15) is 0 Å². The number of carbonyl (C=O) groups is 2. The fraction of sp³-hybridized carbons (Fsp3) is 0.467. The second-order valence-electron chi connectivity index (χ2n) is 5.17. The topological polar surface area (TPSA) is 87.7 Å². The first-order chi connectivity index (χ1) is 10.1. The summed E-state index contributed by atoms with van der Waals surface area (Å²) in [4.78, 5) is 22.4. The first-order valence-corrected chi connectivity index (χ1v) is 7.07. The van der Waals surface area contributed by atoms with Crippen molar-refractivity contribution < 1.29 is 19.4 Å². The van der Waals surface area contributed by atoms with E-state index in [1.54, 1.807) is 24.3 Å². The van der Waals surface area contributed by atoms with Crippen molar-refractivity contribution in [2.45, 2.75) is 19.3 Å². The summed E-state index contributed by atoms with van der Waals surface area (Å²) in [6.45, 7) is 2.20. The van der Waals surface area contributed by atoms with Crippen LogP contribution in [0.1, 0.15) is 18.4 Å².